The van der Waals surface area contributed by atoms with Crippen molar-refractivity contribution in [1.29, 1.82) is 0 Å². The van der Waals surface area contributed by atoms with Crippen molar-refractivity contribution in [3.05, 3.63) is 40.2 Å². The Morgan fingerprint density at radius 3 is 2.82 bits per heavy atom. The molecule has 1 heterocycles. The third kappa shape index (κ3) is 2.44. The first kappa shape index (κ1) is 12.0. The van der Waals surface area contributed by atoms with E-state index in [2.05, 4.69) is 17.1 Å². The second-order valence-corrected chi connectivity index (χ2v) is 4.40. The molecule has 90 valence electrons. The minimum absolute atomic E-state index is 0.259. The Labute approximate surface area is 104 Å². The highest BCUT2D eigenvalue weighted by atomic mass is 32.1. The molecule has 0 fully saturated rings. The van der Waals surface area contributed by atoms with Gasteiger partial charge in [0.1, 0.15) is 11.6 Å². The number of halogens is 1. The van der Waals surface area contributed by atoms with Gasteiger partial charge in [-0.15, -0.1) is 0 Å². The summed E-state index contributed by atoms with van der Waals surface area (Å²) in [6, 6.07) is 4.86. The van der Waals surface area contributed by atoms with Gasteiger partial charge in [-0.25, -0.2) is 4.39 Å². The molecule has 0 aliphatic carbocycles. The van der Waals surface area contributed by atoms with E-state index >= 15 is 0 Å². The molecule has 1 aromatic heterocycles. The molecular formula is C12H14FN3S. The molecule has 0 aliphatic heterocycles. The number of nitrogens with zero attached hydrogens (tertiary/aromatic N) is 2. The lowest BCUT2D eigenvalue weighted by atomic mass is 10.2. The second kappa shape index (κ2) is 4.79. The molecule has 0 atom stereocenters. The average Bonchev–Trinajstić information content (AvgIpc) is 2.59. The van der Waals surface area contributed by atoms with Gasteiger partial charge in [-0.1, -0.05) is 6.92 Å². The summed E-state index contributed by atoms with van der Waals surface area (Å²) >= 11 is 5.18. The number of aromatic amines is 1. The molecule has 17 heavy (non-hydrogen) atoms. The lowest BCUT2D eigenvalue weighted by molar-refractivity contribution is 0.624. The Bertz CT molecular complexity index is 565. The highest BCUT2D eigenvalue weighted by Crippen LogP contribution is 2.16. The molecule has 5 heteroatoms. The number of H-pyrrole nitrogens is 1. The van der Waals surface area contributed by atoms with Crippen LogP contribution >= 0.6 is 12.2 Å². The van der Waals surface area contributed by atoms with Crippen molar-refractivity contribution in [1.82, 2.24) is 14.8 Å². The summed E-state index contributed by atoms with van der Waals surface area (Å²) in [4.78, 5) is 0. The minimum Gasteiger partial charge on any atom is -0.272 e. The fraction of sp³-hybridized carbons (Fsp3) is 0.333. The van der Waals surface area contributed by atoms with Gasteiger partial charge in [0.05, 0.1) is 5.69 Å². The fourth-order valence-electron chi connectivity index (χ4n) is 1.83. The predicted molar refractivity (Wildman–Crippen MR) is 67.4 cm³/mol. The smallest absolute Gasteiger partial charge is 0.199 e. The number of aromatic nitrogens is 3. The fourth-order valence-corrected chi connectivity index (χ4v) is 2.09. The minimum atomic E-state index is -0.259. The molecule has 0 radical (unpaired) electrons. The summed E-state index contributed by atoms with van der Waals surface area (Å²) in [6.45, 7) is 3.93. The Hall–Kier alpha value is -1.49. The number of benzene rings is 1. The Kier molecular flexibility index (Phi) is 3.38. The van der Waals surface area contributed by atoms with Gasteiger partial charge in [0.15, 0.2) is 4.77 Å². The van der Waals surface area contributed by atoms with Crippen LogP contribution in [0.1, 0.15) is 24.7 Å². The quantitative estimate of drug-likeness (QED) is 0.849. The lowest BCUT2D eigenvalue weighted by Crippen LogP contribution is -2.02. The highest BCUT2D eigenvalue weighted by Gasteiger charge is 2.08. The van der Waals surface area contributed by atoms with Crippen molar-refractivity contribution in [3.8, 4) is 5.69 Å². The first-order valence-corrected chi connectivity index (χ1v) is 5.96. The molecule has 0 unspecified atom stereocenters. The SMILES string of the molecule is CCCc1n[nH]c(=S)n1-c1cc(C)cc(F)c1. The first-order valence-electron chi connectivity index (χ1n) is 5.55. The van der Waals surface area contributed by atoms with E-state index in [4.69, 9.17) is 12.2 Å². The molecule has 0 spiro atoms. The van der Waals surface area contributed by atoms with E-state index in [1.807, 2.05) is 13.0 Å². The maximum atomic E-state index is 13.4. The Morgan fingerprint density at radius 1 is 1.41 bits per heavy atom. The number of hydrogen-bond donors (Lipinski definition) is 1. The summed E-state index contributed by atoms with van der Waals surface area (Å²) in [6.07, 6.45) is 1.77. The number of aryl methyl sites for hydroxylation is 2. The zero-order chi connectivity index (χ0) is 12.4. The number of nitrogens with one attached hydrogen (secondary N) is 1. The molecular weight excluding hydrogens is 237 g/mol. The van der Waals surface area contributed by atoms with Gasteiger partial charge in [0.25, 0.3) is 0 Å². The van der Waals surface area contributed by atoms with E-state index in [9.17, 15) is 4.39 Å². The second-order valence-electron chi connectivity index (χ2n) is 4.02. The molecule has 1 N–H and O–H groups in total. The van der Waals surface area contributed by atoms with Crippen LogP contribution in [0.15, 0.2) is 18.2 Å². The summed E-state index contributed by atoms with van der Waals surface area (Å²) in [5.74, 6) is 0.577. The van der Waals surface area contributed by atoms with E-state index in [0.29, 0.717) is 4.77 Å². The van der Waals surface area contributed by atoms with Crippen molar-refractivity contribution in [2.24, 2.45) is 0 Å². The van der Waals surface area contributed by atoms with Crippen LogP contribution in [0, 0.1) is 17.5 Å². The third-order valence-corrected chi connectivity index (χ3v) is 2.77. The van der Waals surface area contributed by atoms with Gasteiger partial charge in [0.2, 0.25) is 0 Å². The van der Waals surface area contributed by atoms with E-state index in [-0.39, 0.29) is 5.82 Å². The van der Waals surface area contributed by atoms with Crippen molar-refractivity contribution in [2.45, 2.75) is 26.7 Å². The molecule has 2 rings (SSSR count). The lowest BCUT2D eigenvalue weighted by Gasteiger charge is -2.07. The zero-order valence-electron chi connectivity index (χ0n) is 9.83. The van der Waals surface area contributed by atoms with E-state index in [1.54, 1.807) is 4.57 Å². The van der Waals surface area contributed by atoms with Crippen molar-refractivity contribution >= 4 is 12.2 Å². The topological polar surface area (TPSA) is 33.6 Å². The van der Waals surface area contributed by atoms with Crippen LogP contribution < -0.4 is 0 Å². The molecule has 1 aromatic carbocycles. The van der Waals surface area contributed by atoms with Crippen molar-refractivity contribution < 1.29 is 4.39 Å². The third-order valence-electron chi connectivity index (χ3n) is 2.50. The van der Waals surface area contributed by atoms with Crippen LogP contribution in [0.2, 0.25) is 0 Å². The van der Waals surface area contributed by atoms with Gasteiger partial charge in [-0.05, 0) is 49.3 Å². The molecule has 0 saturated heterocycles. The van der Waals surface area contributed by atoms with Crippen LogP contribution in [-0.4, -0.2) is 14.8 Å². The molecule has 0 saturated carbocycles. The van der Waals surface area contributed by atoms with E-state index in [0.717, 1.165) is 29.9 Å². The van der Waals surface area contributed by atoms with Crippen LogP contribution in [0.3, 0.4) is 0 Å². The molecule has 3 nitrogen and oxygen atoms in total. The predicted octanol–water partition coefficient (Wildman–Crippen LogP) is 3.33. The van der Waals surface area contributed by atoms with Crippen molar-refractivity contribution in [2.75, 3.05) is 0 Å². The molecule has 2 aromatic rings. The summed E-state index contributed by atoms with van der Waals surface area (Å²) in [5.41, 5.74) is 1.59. The summed E-state index contributed by atoms with van der Waals surface area (Å²) in [5, 5.41) is 6.92. The van der Waals surface area contributed by atoms with Crippen molar-refractivity contribution in [3.63, 3.8) is 0 Å². The maximum Gasteiger partial charge on any atom is 0.199 e. The highest BCUT2D eigenvalue weighted by molar-refractivity contribution is 7.71. The summed E-state index contributed by atoms with van der Waals surface area (Å²) < 4.78 is 15.7. The first-order chi connectivity index (χ1) is 8.11. The Morgan fingerprint density at radius 2 is 2.18 bits per heavy atom. The summed E-state index contributed by atoms with van der Waals surface area (Å²) in [7, 11) is 0. The van der Waals surface area contributed by atoms with Crippen LogP contribution in [0.4, 0.5) is 4.39 Å². The molecule has 0 bridgehead atoms. The van der Waals surface area contributed by atoms with Gasteiger partial charge in [-0.2, -0.15) is 5.10 Å². The number of rotatable bonds is 3. The number of hydrogen-bond acceptors (Lipinski definition) is 2. The molecule has 0 amide bonds. The van der Waals surface area contributed by atoms with Gasteiger partial charge in [-0.3, -0.25) is 9.67 Å². The van der Waals surface area contributed by atoms with Gasteiger partial charge >= 0.3 is 0 Å². The standard InChI is InChI=1S/C12H14FN3S/c1-3-4-11-14-15-12(17)16(11)10-6-8(2)5-9(13)7-10/h5-7H,3-4H2,1-2H3,(H,15,17). The zero-order valence-corrected chi connectivity index (χ0v) is 10.6. The van der Waals surface area contributed by atoms with E-state index in [1.165, 1.54) is 12.1 Å². The Balaban J connectivity index is 2.59. The average molecular weight is 251 g/mol. The van der Waals surface area contributed by atoms with Crippen LogP contribution in [-0.2, 0) is 6.42 Å². The normalized spacial score (nSPS) is 10.8. The largest absolute Gasteiger partial charge is 0.272 e. The molecule has 0 aliphatic rings. The monoisotopic (exact) mass is 251 g/mol. The maximum absolute atomic E-state index is 13.4. The van der Waals surface area contributed by atoms with Gasteiger partial charge < -0.3 is 0 Å². The van der Waals surface area contributed by atoms with Gasteiger partial charge in [0, 0.05) is 6.42 Å². The van der Waals surface area contributed by atoms with Crippen LogP contribution in [0.25, 0.3) is 5.69 Å². The van der Waals surface area contributed by atoms with Crippen LogP contribution in [0.5, 0.6) is 0 Å². The van der Waals surface area contributed by atoms with E-state index < -0.39 is 0 Å².